The van der Waals surface area contributed by atoms with Crippen molar-refractivity contribution >= 4 is 17.4 Å². The van der Waals surface area contributed by atoms with Gasteiger partial charge in [0, 0.05) is 13.1 Å². The summed E-state index contributed by atoms with van der Waals surface area (Å²) in [6.07, 6.45) is 0. The van der Waals surface area contributed by atoms with Gasteiger partial charge in [0.25, 0.3) is 0 Å². The molecule has 0 amide bonds. The lowest BCUT2D eigenvalue weighted by Crippen LogP contribution is -2.24. The largest absolute Gasteiger partial charge is 0.355 e. The van der Waals surface area contributed by atoms with Crippen LogP contribution in [0.15, 0.2) is 0 Å². The number of anilines is 1. The smallest absolute Gasteiger partial charge is 0.155 e. The molecule has 3 nitrogen and oxygen atoms in total. The minimum atomic E-state index is 0.499. The Labute approximate surface area is 90.1 Å². The normalized spacial score (nSPS) is 10.4. The van der Waals surface area contributed by atoms with E-state index in [4.69, 9.17) is 11.6 Å². The van der Waals surface area contributed by atoms with Gasteiger partial charge in [-0.2, -0.15) is 0 Å². The monoisotopic (exact) mass is 213 g/mol. The van der Waals surface area contributed by atoms with E-state index in [9.17, 15) is 0 Å². The van der Waals surface area contributed by atoms with Gasteiger partial charge in [-0.15, -0.1) is 10.2 Å². The molecule has 0 aliphatic carbocycles. The fourth-order valence-electron chi connectivity index (χ4n) is 1.39. The number of nitrogens with zero attached hydrogens (tertiary/aromatic N) is 3. The van der Waals surface area contributed by atoms with Crippen LogP contribution in [0, 0.1) is 13.8 Å². The lowest BCUT2D eigenvalue weighted by molar-refractivity contribution is 0.814. The average molecular weight is 214 g/mol. The molecule has 1 rings (SSSR count). The molecule has 0 aromatic carbocycles. The number of hydrogen-bond donors (Lipinski definition) is 0. The van der Waals surface area contributed by atoms with Gasteiger partial charge in [-0.25, -0.2) is 0 Å². The molecular weight excluding hydrogens is 198 g/mol. The zero-order chi connectivity index (χ0) is 10.7. The van der Waals surface area contributed by atoms with E-state index in [-0.39, 0.29) is 0 Å². The highest BCUT2D eigenvalue weighted by molar-refractivity contribution is 6.30. The van der Waals surface area contributed by atoms with Crippen LogP contribution in [0.3, 0.4) is 0 Å². The Morgan fingerprint density at radius 2 is 1.64 bits per heavy atom. The van der Waals surface area contributed by atoms with E-state index in [1.165, 1.54) is 0 Å². The van der Waals surface area contributed by atoms with Crippen molar-refractivity contribution in [1.82, 2.24) is 10.2 Å². The molecule has 1 aromatic rings. The van der Waals surface area contributed by atoms with Crippen molar-refractivity contribution in [3.63, 3.8) is 0 Å². The summed E-state index contributed by atoms with van der Waals surface area (Å²) in [5.41, 5.74) is 2.14. The first-order chi connectivity index (χ1) is 6.61. The van der Waals surface area contributed by atoms with E-state index < -0.39 is 0 Å². The first-order valence-corrected chi connectivity index (χ1v) is 5.23. The van der Waals surface area contributed by atoms with Crippen molar-refractivity contribution in [3.8, 4) is 0 Å². The maximum Gasteiger partial charge on any atom is 0.155 e. The van der Waals surface area contributed by atoms with Gasteiger partial charge in [0.05, 0.1) is 0 Å². The van der Waals surface area contributed by atoms with Crippen LogP contribution in [0.1, 0.15) is 25.0 Å². The summed E-state index contributed by atoms with van der Waals surface area (Å²) in [5.74, 6) is 0.942. The quantitative estimate of drug-likeness (QED) is 0.773. The lowest BCUT2D eigenvalue weighted by atomic mass is 10.2. The predicted molar refractivity (Wildman–Crippen MR) is 60.1 cm³/mol. The Morgan fingerprint density at radius 1 is 1.07 bits per heavy atom. The van der Waals surface area contributed by atoms with Crippen LogP contribution in [-0.4, -0.2) is 23.3 Å². The molecule has 0 saturated carbocycles. The summed E-state index contributed by atoms with van der Waals surface area (Å²) in [5, 5.41) is 8.55. The predicted octanol–water partition coefficient (Wildman–Crippen LogP) is 2.59. The first-order valence-electron chi connectivity index (χ1n) is 4.86. The Balaban J connectivity index is 3.16. The highest BCUT2D eigenvalue weighted by atomic mass is 35.5. The van der Waals surface area contributed by atoms with Crippen LogP contribution in [0.2, 0.25) is 5.15 Å². The Morgan fingerprint density at radius 3 is 2.14 bits per heavy atom. The SMILES string of the molecule is CCN(CC)c1nnc(Cl)c(C)c1C. The lowest BCUT2D eigenvalue weighted by Gasteiger charge is -2.21. The molecule has 0 bridgehead atoms. The third kappa shape index (κ3) is 1.98. The second kappa shape index (κ2) is 4.60. The summed E-state index contributed by atoms with van der Waals surface area (Å²) in [6.45, 7) is 10.1. The minimum absolute atomic E-state index is 0.499. The number of hydrogen-bond acceptors (Lipinski definition) is 3. The van der Waals surface area contributed by atoms with Gasteiger partial charge in [-0.05, 0) is 38.8 Å². The van der Waals surface area contributed by atoms with Crippen LogP contribution < -0.4 is 4.90 Å². The van der Waals surface area contributed by atoms with E-state index in [0.717, 1.165) is 30.0 Å². The molecule has 0 radical (unpaired) electrons. The molecular formula is C10H16ClN3. The van der Waals surface area contributed by atoms with Gasteiger partial charge in [0.15, 0.2) is 11.0 Å². The third-order valence-electron chi connectivity index (χ3n) is 2.50. The molecule has 0 N–H and O–H groups in total. The van der Waals surface area contributed by atoms with Crippen molar-refractivity contribution in [2.45, 2.75) is 27.7 Å². The van der Waals surface area contributed by atoms with Crippen LogP contribution in [-0.2, 0) is 0 Å². The van der Waals surface area contributed by atoms with E-state index in [1.807, 2.05) is 13.8 Å². The van der Waals surface area contributed by atoms with Gasteiger partial charge in [0.2, 0.25) is 0 Å². The average Bonchev–Trinajstić information content (AvgIpc) is 2.19. The molecule has 0 atom stereocenters. The molecule has 78 valence electrons. The van der Waals surface area contributed by atoms with E-state index >= 15 is 0 Å². The summed E-state index contributed by atoms with van der Waals surface area (Å²) >= 11 is 5.88. The molecule has 1 aromatic heterocycles. The molecule has 0 aliphatic heterocycles. The molecule has 0 unspecified atom stereocenters. The number of aromatic nitrogens is 2. The van der Waals surface area contributed by atoms with Crippen LogP contribution in [0.5, 0.6) is 0 Å². The Kier molecular flexibility index (Phi) is 3.69. The second-order valence-corrected chi connectivity index (χ2v) is 3.59. The topological polar surface area (TPSA) is 29.0 Å². The fourth-order valence-corrected chi connectivity index (χ4v) is 1.57. The minimum Gasteiger partial charge on any atom is -0.355 e. The van der Waals surface area contributed by atoms with Crippen LogP contribution >= 0.6 is 11.6 Å². The zero-order valence-electron chi connectivity index (χ0n) is 9.13. The highest BCUT2D eigenvalue weighted by Crippen LogP contribution is 2.23. The number of halogens is 1. The van der Waals surface area contributed by atoms with Gasteiger partial charge in [0.1, 0.15) is 0 Å². The molecule has 14 heavy (non-hydrogen) atoms. The summed E-state index contributed by atoms with van der Waals surface area (Å²) in [4.78, 5) is 2.17. The maximum absolute atomic E-state index is 5.88. The van der Waals surface area contributed by atoms with Crippen LogP contribution in [0.25, 0.3) is 0 Å². The standard InChI is InChI=1S/C10H16ClN3/c1-5-14(6-2)10-8(4)7(3)9(11)12-13-10/h5-6H2,1-4H3. The summed E-state index contributed by atoms with van der Waals surface area (Å²) in [6, 6.07) is 0. The molecule has 0 spiro atoms. The number of rotatable bonds is 3. The zero-order valence-corrected chi connectivity index (χ0v) is 9.89. The van der Waals surface area contributed by atoms with Crippen molar-refractivity contribution in [2.75, 3.05) is 18.0 Å². The van der Waals surface area contributed by atoms with Gasteiger partial charge >= 0.3 is 0 Å². The molecule has 0 saturated heterocycles. The van der Waals surface area contributed by atoms with Crippen LogP contribution in [0.4, 0.5) is 5.82 Å². The Hall–Kier alpha value is -0.830. The van der Waals surface area contributed by atoms with E-state index in [0.29, 0.717) is 5.15 Å². The highest BCUT2D eigenvalue weighted by Gasteiger charge is 2.11. The van der Waals surface area contributed by atoms with Gasteiger partial charge in [-0.1, -0.05) is 11.6 Å². The molecule has 4 heteroatoms. The van der Waals surface area contributed by atoms with Gasteiger partial charge < -0.3 is 4.90 Å². The van der Waals surface area contributed by atoms with Crippen molar-refractivity contribution < 1.29 is 0 Å². The summed E-state index contributed by atoms with van der Waals surface area (Å²) < 4.78 is 0. The van der Waals surface area contributed by atoms with Gasteiger partial charge in [-0.3, -0.25) is 0 Å². The fraction of sp³-hybridized carbons (Fsp3) is 0.600. The van der Waals surface area contributed by atoms with E-state index in [2.05, 4.69) is 28.9 Å². The van der Waals surface area contributed by atoms with E-state index in [1.54, 1.807) is 0 Å². The first kappa shape index (κ1) is 11.2. The summed E-state index contributed by atoms with van der Waals surface area (Å²) in [7, 11) is 0. The van der Waals surface area contributed by atoms with Crippen molar-refractivity contribution in [3.05, 3.63) is 16.3 Å². The van der Waals surface area contributed by atoms with Crippen molar-refractivity contribution in [1.29, 1.82) is 0 Å². The Bertz CT molecular complexity index is 321. The second-order valence-electron chi connectivity index (χ2n) is 3.24. The molecule has 0 aliphatic rings. The van der Waals surface area contributed by atoms with Crippen molar-refractivity contribution in [2.24, 2.45) is 0 Å². The molecule has 1 heterocycles. The third-order valence-corrected chi connectivity index (χ3v) is 2.86. The maximum atomic E-state index is 5.88. The molecule has 0 fully saturated rings.